The lowest BCUT2D eigenvalue weighted by atomic mass is 10.1. The number of likely N-dealkylation sites (N-methyl/N-ethyl adjacent to an activating group) is 1. The van der Waals surface area contributed by atoms with Crippen molar-refractivity contribution in [1.82, 2.24) is 29.3 Å². The number of anilines is 1. The lowest BCUT2D eigenvalue weighted by Crippen LogP contribution is -2.49. The summed E-state index contributed by atoms with van der Waals surface area (Å²) in [4.78, 5) is 71.7. The Morgan fingerprint density at radius 2 is 1.87 bits per heavy atom. The fourth-order valence-electron chi connectivity index (χ4n) is 5.14. The van der Waals surface area contributed by atoms with Crippen LogP contribution in [0.15, 0.2) is 46.0 Å². The lowest BCUT2D eigenvalue weighted by molar-refractivity contribution is -0.122. The number of rotatable bonds is 10. The number of imidazole rings is 1. The van der Waals surface area contributed by atoms with Crippen molar-refractivity contribution >= 4 is 34.9 Å². The molecule has 0 spiro atoms. The van der Waals surface area contributed by atoms with Gasteiger partial charge in [-0.15, -0.1) is 0 Å². The largest absolute Gasteiger partial charge is 0.483 e. The van der Waals surface area contributed by atoms with Crippen molar-refractivity contribution in [3.8, 4) is 5.75 Å². The predicted octanol–water partition coefficient (Wildman–Crippen LogP) is 1.97. The fraction of sp³-hybridized carbons (Fsp3) is 0.484. The first kappa shape index (κ1) is 33.0. The maximum atomic E-state index is 14.0. The minimum absolute atomic E-state index is 0.135. The van der Waals surface area contributed by atoms with Gasteiger partial charge in [-0.05, 0) is 52.7 Å². The molecule has 3 aromatic rings. The molecule has 1 aliphatic heterocycles. The van der Waals surface area contributed by atoms with Crippen molar-refractivity contribution in [2.45, 2.75) is 65.3 Å². The van der Waals surface area contributed by atoms with Crippen LogP contribution in [-0.4, -0.2) is 74.9 Å². The van der Waals surface area contributed by atoms with Crippen LogP contribution in [0, 0.1) is 0 Å². The maximum Gasteiger partial charge on any atom is 0.407 e. The van der Waals surface area contributed by atoms with Gasteiger partial charge in [-0.3, -0.25) is 23.5 Å². The number of aromatic nitrogens is 4. The Morgan fingerprint density at radius 3 is 2.56 bits per heavy atom. The summed E-state index contributed by atoms with van der Waals surface area (Å²) in [7, 11) is 2.98. The molecule has 242 valence electrons. The number of piperidine rings is 1. The predicted molar refractivity (Wildman–Crippen MR) is 169 cm³/mol. The Hall–Kier alpha value is -4.88. The summed E-state index contributed by atoms with van der Waals surface area (Å²) >= 11 is 0. The van der Waals surface area contributed by atoms with E-state index in [9.17, 15) is 24.0 Å². The van der Waals surface area contributed by atoms with Gasteiger partial charge in [0.05, 0.1) is 12.1 Å². The number of carbonyl (C=O) groups excluding carboxylic acids is 3. The van der Waals surface area contributed by atoms with Gasteiger partial charge in [0, 0.05) is 39.8 Å². The van der Waals surface area contributed by atoms with Gasteiger partial charge in [-0.25, -0.2) is 9.59 Å². The van der Waals surface area contributed by atoms with Crippen molar-refractivity contribution in [3.63, 3.8) is 0 Å². The maximum absolute atomic E-state index is 14.0. The standard InChI is InChI=1S/C31H41N7O7/c1-7-8-16-37-25-26(34-28(37)36-15-11-12-20(17-36)33-29(42)45-31(2,3)4)35(6)30(43)38(27(25)41)18-22(39)21-13-9-10-14-23(21)44-19-24(40)32-5/h7-10,13-14,20H,11-12,15-19H2,1-6H3,(H,32,40)(H,33,42)/b8-7+/t20-/m1/s1. The van der Waals surface area contributed by atoms with E-state index in [4.69, 9.17) is 14.5 Å². The summed E-state index contributed by atoms with van der Waals surface area (Å²) in [5.74, 6) is -0.272. The molecular formula is C31H41N7O7. The molecule has 14 nitrogen and oxygen atoms in total. The first-order valence-corrected chi connectivity index (χ1v) is 14.9. The number of benzene rings is 1. The number of carbonyl (C=O) groups is 3. The van der Waals surface area contributed by atoms with Crippen LogP contribution in [0.5, 0.6) is 5.75 Å². The van der Waals surface area contributed by atoms with E-state index < -0.39 is 35.3 Å². The summed E-state index contributed by atoms with van der Waals surface area (Å²) in [5, 5.41) is 5.37. The summed E-state index contributed by atoms with van der Waals surface area (Å²) in [5.41, 5.74) is -1.50. The van der Waals surface area contributed by atoms with Crippen molar-refractivity contribution in [2.24, 2.45) is 7.05 Å². The number of hydrogen-bond donors (Lipinski definition) is 2. The van der Waals surface area contributed by atoms with Crippen molar-refractivity contribution < 1.29 is 23.9 Å². The molecule has 3 heterocycles. The molecule has 0 saturated carbocycles. The number of aryl methyl sites for hydroxylation is 1. The smallest absolute Gasteiger partial charge is 0.407 e. The third-order valence-electron chi connectivity index (χ3n) is 7.29. The van der Waals surface area contributed by atoms with E-state index in [2.05, 4.69) is 10.6 Å². The minimum Gasteiger partial charge on any atom is -0.483 e. The van der Waals surface area contributed by atoms with Crippen LogP contribution in [0.4, 0.5) is 10.7 Å². The number of nitrogens with zero attached hydrogens (tertiary/aromatic N) is 5. The zero-order chi connectivity index (χ0) is 32.9. The molecule has 0 aliphatic carbocycles. The number of ether oxygens (including phenoxy) is 2. The zero-order valence-electron chi connectivity index (χ0n) is 26.6. The van der Waals surface area contributed by atoms with Crippen molar-refractivity contribution in [1.29, 1.82) is 0 Å². The highest BCUT2D eigenvalue weighted by atomic mass is 16.6. The highest BCUT2D eigenvalue weighted by molar-refractivity contribution is 5.98. The molecule has 1 fully saturated rings. The summed E-state index contributed by atoms with van der Waals surface area (Å²) in [6.07, 6.45) is 4.70. The molecule has 2 amide bonds. The van der Waals surface area contributed by atoms with Crippen molar-refractivity contribution in [2.75, 3.05) is 31.6 Å². The quantitative estimate of drug-likeness (QED) is 0.254. The fourth-order valence-corrected chi connectivity index (χ4v) is 5.14. The molecule has 0 bridgehead atoms. The Morgan fingerprint density at radius 1 is 1.13 bits per heavy atom. The molecule has 2 aromatic heterocycles. The summed E-state index contributed by atoms with van der Waals surface area (Å²) in [6.45, 7) is 7.75. The third-order valence-corrected chi connectivity index (χ3v) is 7.29. The van der Waals surface area contributed by atoms with E-state index in [1.54, 1.807) is 43.5 Å². The van der Waals surface area contributed by atoms with Crippen LogP contribution in [0.2, 0.25) is 0 Å². The number of amides is 2. The normalized spacial score (nSPS) is 15.3. The number of alkyl carbamates (subject to hydrolysis) is 1. The molecule has 0 unspecified atom stereocenters. The number of ketones is 1. The van der Waals surface area contributed by atoms with Gasteiger partial charge in [-0.2, -0.15) is 4.98 Å². The highest BCUT2D eigenvalue weighted by Crippen LogP contribution is 2.24. The van der Waals surface area contributed by atoms with Crippen LogP contribution in [0.3, 0.4) is 0 Å². The number of nitrogens with one attached hydrogen (secondary N) is 2. The van der Waals surface area contributed by atoms with E-state index in [0.29, 0.717) is 25.6 Å². The molecule has 1 aliphatic rings. The van der Waals surface area contributed by atoms with Crippen LogP contribution in [-0.2, 0) is 29.7 Å². The topological polar surface area (TPSA) is 159 Å². The second kappa shape index (κ2) is 13.8. The van der Waals surface area contributed by atoms with Gasteiger partial charge in [0.15, 0.2) is 23.6 Å². The summed E-state index contributed by atoms with van der Waals surface area (Å²) in [6, 6.07) is 6.13. The SMILES string of the molecule is C/C=C/Cn1c(N2CCC[C@@H](NC(=O)OC(C)(C)C)C2)nc2c1c(=O)n(CC(=O)c1ccccc1OCC(=O)NC)c(=O)n2C. The van der Waals surface area contributed by atoms with Gasteiger partial charge in [-0.1, -0.05) is 24.3 Å². The van der Waals surface area contributed by atoms with E-state index in [-0.39, 0.29) is 41.0 Å². The van der Waals surface area contributed by atoms with E-state index >= 15 is 0 Å². The molecule has 1 saturated heterocycles. The van der Waals surface area contributed by atoms with Crippen molar-refractivity contribution in [3.05, 3.63) is 62.8 Å². The Labute approximate surface area is 260 Å². The lowest BCUT2D eigenvalue weighted by Gasteiger charge is -2.34. The first-order chi connectivity index (χ1) is 21.3. The molecule has 0 radical (unpaired) electrons. The Kier molecular flexibility index (Phi) is 10.1. The number of hydrogen-bond acceptors (Lipinski definition) is 9. The summed E-state index contributed by atoms with van der Waals surface area (Å²) < 4.78 is 14.8. The molecule has 1 atom stereocenters. The molecule has 14 heteroatoms. The Balaban J connectivity index is 1.71. The van der Waals surface area contributed by atoms with E-state index in [0.717, 1.165) is 17.4 Å². The molecule has 1 aromatic carbocycles. The third kappa shape index (κ3) is 7.62. The second-order valence-corrected chi connectivity index (χ2v) is 11.8. The number of para-hydroxylation sites is 1. The first-order valence-electron chi connectivity index (χ1n) is 14.9. The average Bonchev–Trinajstić information content (AvgIpc) is 3.38. The number of fused-ring (bicyclic) bond motifs is 1. The second-order valence-electron chi connectivity index (χ2n) is 11.8. The highest BCUT2D eigenvalue weighted by Gasteiger charge is 2.29. The minimum atomic E-state index is -0.699. The average molecular weight is 624 g/mol. The van der Waals surface area contributed by atoms with Gasteiger partial charge in [0.1, 0.15) is 11.4 Å². The van der Waals surface area contributed by atoms with E-state index in [1.807, 2.05) is 24.0 Å². The van der Waals surface area contributed by atoms with E-state index in [1.165, 1.54) is 24.7 Å². The molecular weight excluding hydrogens is 582 g/mol. The molecule has 45 heavy (non-hydrogen) atoms. The van der Waals surface area contributed by atoms with Gasteiger partial charge >= 0.3 is 11.8 Å². The van der Waals surface area contributed by atoms with Crippen LogP contribution in [0.25, 0.3) is 11.2 Å². The molecule has 4 rings (SSSR count). The van der Waals surface area contributed by atoms with Gasteiger partial charge < -0.3 is 29.6 Å². The van der Waals surface area contributed by atoms with Gasteiger partial charge in [0.25, 0.3) is 11.5 Å². The zero-order valence-corrected chi connectivity index (χ0v) is 26.6. The number of allylic oxidation sites excluding steroid dienone is 2. The number of Topliss-reactive ketones (excluding diaryl/α,β-unsaturated/α-hetero) is 1. The van der Waals surface area contributed by atoms with Crippen LogP contribution >= 0.6 is 0 Å². The molecule has 2 N–H and O–H groups in total. The Bertz CT molecular complexity index is 1730. The van der Waals surface area contributed by atoms with Gasteiger partial charge in [0.2, 0.25) is 5.95 Å². The van der Waals surface area contributed by atoms with Crippen LogP contribution < -0.4 is 31.5 Å². The van der Waals surface area contributed by atoms with Crippen LogP contribution in [0.1, 0.15) is 50.9 Å². The monoisotopic (exact) mass is 623 g/mol.